The molecule has 34 heavy (non-hydrogen) atoms. The normalized spacial score (nSPS) is 16.6. The average molecular weight is 451 g/mol. The summed E-state index contributed by atoms with van der Waals surface area (Å²) < 4.78 is 0. The van der Waals surface area contributed by atoms with Gasteiger partial charge in [-0.05, 0) is 58.9 Å². The minimum atomic E-state index is 0.0154. The predicted molar refractivity (Wildman–Crippen MR) is 141 cm³/mol. The third-order valence-corrected chi connectivity index (χ3v) is 7.53. The minimum Gasteiger partial charge on any atom is -0.355 e. The maximum Gasteiger partial charge on any atom is 0.228 e. The maximum absolute atomic E-state index is 12.8. The summed E-state index contributed by atoms with van der Waals surface area (Å²) in [6, 6.07) is 24.2. The molecule has 0 saturated heterocycles. The van der Waals surface area contributed by atoms with Gasteiger partial charge >= 0.3 is 0 Å². The fraction of sp³-hybridized carbons (Fsp3) is 0.241. The number of benzene rings is 3. The molecule has 0 spiro atoms. The predicted octanol–water partition coefficient (Wildman–Crippen LogP) is 7.10. The Bertz CT molecular complexity index is 1370. The molecule has 1 aromatic heterocycles. The van der Waals surface area contributed by atoms with Gasteiger partial charge in [0, 0.05) is 28.4 Å². The lowest BCUT2D eigenvalue weighted by molar-refractivity contribution is -0.118. The number of hydrogen-bond donors (Lipinski definition) is 3. The van der Waals surface area contributed by atoms with E-state index in [0.717, 1.165) is 39.2 Å². The van der Waals surface area contributed by atoms with Crippen LogP contribution in [0, 0.1) is 16.7 Å². The second-order valence-corrected chi connectivity index (χ2v) is 10.2. The fourth-order valence-corrected chi connectivity index (χ4v) is 4.89. The van der Waals surface area contributed by atoms with Crippen molar-refractivity contribution in [2.75, 3.05) is 10.6 Å². The third-order valence-electron chi connectivity index (χ3n) is 7.53. The molecule has 1 amide bonds. The third kappa shape index (κ3) is 3.98. The zero-order valence-corrected chi connectivity index (χ0v) is 20.0. The number of rotatable bonds is 6. The van der Waals surface area contributed by atoms with E-state index in [4.69, 9.17) is 0 Å². The van der Waals surface area contributed by atoms with Crippen molar-refractivity contribution in [1.82, 2.24) is 10.2 Å². The van der Waals surface area contributed by atoms with Crippen molar-refractivity contribution >= 4 is 46.0 Å². The van der Waals surface area contributed by atoms with Gasteiger partial charge in [-0.3, -0.25) is 9.89 Å². The molecule has 3 aromatic carbocycles. The van der Waals surface area contributed by atoms with Crippen molar-refractivity contribution in [3.8, 4) is 0 Å². The van der Waals surface area contributed by atoms with Crippen LogP contribution in [0.4, 0.5) is 17.1 Å². The highest BCUT2D eigenvalue weighted by atomic mass is 16.2. The largest absolute Gasteiger partial charge is 0.355 e. The zero-order chi connectivity index (χ0) is 23.9. The van der Waals surface area contributed by atoms with E-state index in [2.05, 4.69) is 72.8 Å². The molecule has 1 aliphatic carbocycles. The Morgan fingerprint density at radius 3 is 2.29 bits per heavy atom. The van der Waals surface area contributed by atoms with E-state index in [9.17, 15) is 4.79 Å². The number of aromatic nitrogens is 2. The van der Waals surface area contributed by atoms with Gasteiger partial charge in [0.25, 0.3) is 0 Å². The Morgan fingerprint density at radius 1 is 0.853 bits per heavy atom. The van der Waals surface area contributed by atoms with E-state index >= 15 is 0 Å². The van der Waals surface area contributed by atoms with Crippen LogP contribution in [0.15, 0.2) is 72.8 Å². The lowest BCUT2D eigenvalue weighted by atomic mass is 10.0. The van der Waals surface area contributed by atoms with Crippen molar-refractivity contribution in [1.29, 1.82) is 0 Å². The van der Waals surface area contributed by atoms with Crippen molar-refractivity contribution < 1.29 is 4.79 Å². The summed E-state index contributed by atoms with van der Waals surface area (Å²) in [5, 5.41) is 15.2. The molecule has 0 bridgehead atoms. The Labute approximate surface area is 200 Å². The van der Waals surface area contributed by atoms with Crippen LogP contribution >= 0.6 is 0 Å². The summed E-state index contributed by atoms with van der Waals surface area (Å²) in [6.07, 6.45) is 4.08. The van der Waals surface area contributed by atoms with Crippen LogP contribution in [0.25, 0.3) is 23.1 Å². The van der Waals surface area contributed by atoms with Gasteiger partial charge < -0.3 is 10.6 Å². The first-order chi connectivity index (χ1) is 16.3. The SMILES string of the molecule is CC1(C)C(C(=O)Nc2cccc(Nc3ccc4c(/C=C/c5ccccc5)n[nH]c4c3)c2)C1(C)C. The summed E-state index contributed by atoms with van der Waals surface area (Å²) in [5.41, 5.74) is 5.68. The van der Waals surface area contributed by atoms with Crippen LogP contribution in [-0.4, -0.2) is 16.1 Å². The maximum atomic E-state index is 12.8. The first-order valence-electron chi connectivity index (χ1n) is 11.6. The smallest absolute Gasteiger partial charge is 0.228 e. The van der Waals surface area contributed by atoms with Gasteiger partial charge in [-0.15, -0.1) is 0 Å². The number of aromatic amines is 1. The number of hydrogen-bond acceptors (Lipinski definition) is 3. The van der Waals surface area contributed by atoms with Gasteiger partial charge in [-0.1, -0.05) is 70.2 Å². The number of nitrogens with zero attached hydrogens (tertiary/aromatic N) is 1. The first-order valence-corrected chi connectivity index (χ1v) is 11.6. The minimum absolute atomic E-state index is 0.0154. The van der Waals surface area contributed by atoms with Crippen LogP contribution in [0.5, 0.6) is 0 Å². The average Bonchev–Trinajstić information content (AvgIpc) is 3.06. The number of H-pyrrole nitrogens is 1. The highest BCUT2D eigenvalue weighted by molar-refractivity contribution is 5.96. The summed E-state index contributed by atoms with van der Waals surface area (Å²) in [4.78, 5) is 12.8. The molecule has 0 radical (unpaired) electrons. The van der Waals surface area contributed by atoms with Crippen LogP contribution in [0.3, 0.4) is 0 Å². The molecule has 5 nitrogen and oxygen atoms in total. The van der Waals surface area contributed by atoms with Gasteiger partial charge in [0.1, 0.15) is 0 Å². The lowest BCUT2D eigenvalue weighted by Gasteiger charge is -2.10. The van der Waals surface area contributed by atoms with Crippen molar-refractivity contribution in [3.05, 3.63) is 84.1 Å². The number of amides is 1. The van der Waals surface area contributed by atoms with Gasteiger partial charge in [0.15, 0.2) is 0 Å². The molecule has 0 aliphatic heterocycles. The Kier molecular flexibility index (Phi) is 5.28. The molecular formula is C29H30N4O. The van der Waals surface area contributed by atoms with Gasteiger partial charge in [-0.2, -0.15) is 5.10 Å². The van der Waals surface area contributed by atoms with Crippen molar-refractivity contribution in [2.24, 2.45) is 16.7 Å². The second-order valence-electron chi connectivity index (χ2n) is 10.2. The summed E-state index contributed by atoms with van der Waals surface area (Å²) in [6.45, 7) is 8.63. The fourth-order valence-electron chi connectivity index (χ4n) is 4.89. The van der Waals surface area contributed by atoms with Gasteiger partial charge in [-0.25, -0.2) is 0 Å². The molecule has 5 heteroatoms. The highest BCUT2D eigenvalue weighted by Gasteiger charge is 2.68. The zero-order valence-electron chi connectivity index (χ0n) is 20.0. The monoisotopic (exact) mass is 450 g/mol. The Morgan fingerprint density at radius 2 is 1.56 bits per heavy atom. The molecule has 172 valence electrons. The van der Waals surface area contributed by atoms with Crippen LogP contribution in [-0.2, 0) is 4.79 Å². The Balaban J connectivity index is 1.29. The molecule has 0 unspecified atom stereocenters. The standard InChI is InChI=1S/C29H30N4O/c1-28(2)26(29(28,3)4)27(34)31-21-12-8-11-20(17-21)30-22-14-15-23-24(32-33-25(23)18-22)16-13-19-9-6-5-7-10-19/h5-18,26,30H,1-4H3,(H,31,34)(H,32,33)/b16-13+. The molecule has 1 heterocycles. The molecular weight excluding hydrogens is 420 g/mol. The number of nitrogens with one attached hydrogen (secondary N) is 3. The lowest BCUT2D eigenvalue weighted by Crippen LogP contribution is -2.17. The number of fused-ring (bicyclic) bond motifs is 1. The topological polar surface area (TPSA) is 69.8 Å². The van der Waals surface area contributed by atoms with E-state index < -0.39 is 0 Å². The van der Waals surface area contributed by atoms with Crippen LogP contribution in [0.1, 0.15) is 39.0 Å². The van der Waals surface area contributed by atoms with Crippen molar-refractivity contribution in [3.63, 3.8) is 0 Å². The quantitative estimate of drug-likeness (QED) is 0.293. The number of anilines is 3. The molecule has 1 aliphatic rings. The summed E-state index contributed by atoms with van der Waals surface area (Å²) >= 11 is 0. The molecule has 1 saturated carbocycles. The van der Waals surface area contributed by atoms with E-state index in [0.29, 0.717) is 0 Å². The van der Waals surface area contributed by atoms with E-state index in [-0.39, 0.29) is 22.7 Å². The van der Waals surface area contributed by atoms with Gasteiger partial charge in [0.05, 0.1) is 11.2 Å². The molecule has 4 aromatic rings. The highest BCUT2D eigenvalue weighted by Crippen LogP contribution is 2.68. The van der Waals surface area contributed by atoms with Crippen LogP contribution in [0.2, 0.25) is 0 Å². The van der Waals surface area contributed by atoms with Crippen LogP contribution < -0.4 is 10.6 Å². The first kappa shape index (κ1) is 22.0. The number of carbonyl (C=O) groups excluding carboxylic acids is 1. The molecule has 3 N–H and O–H groups in total. The molecule has 5 rings (SSSR count). The Hall–Kier alpha value is -3.86. The summed E-state index contributed by atoms with van der Waals surface area (Å²) in [5.74, 6) is 0.103. The van der Waals surface area contributed by atoms with Crippen molar-refractivity contribution in [2.45, 2.75) is 27.7 Å². The summed E-state index contributed by atoms with van der Waals surface area (Å²) in [7, 11) is 0. The van der Waals surface area contributed by atoms with Gasteiger partial charge in [0.2, 0.25) is 5.91 Å². The van der Waals surface area contributed by atoms with E-state index in [1.54, 1.807) is 0 Å². The van der Waals surface area contributed by atoms with E-state index in [1.807, 2.05) is 60.7 Å². The molecule has 1 fully saturated rings. The number of carbonyl (C=O) groups is 1. The molecule has 0 atom stereocenters. The van der Waals surface area contributed by atoms with E-state index in [1.165, 1.54) is 0 Å². The second kappa shape index (κ2) is 8.17.